The molecule has 1 aromatic heterocycles. The van der Waals surface area contributed by atoms with Crippen molar-refractivity contribution in [1.29, 1.82) is 0 Å². The van der Waals surface area contributed by atoms with Gasteiger partial charge in [-0.1, -0.05) is 47.7 Å². The van der Waals surface area contributed by atoms with Crippen LogP contribution >= 0.6 is 23.1 Å². The third-order valence-corrected chi connectivity index (χ3v) is 8.01. The van der Waals surface area contributed by atoms with Crippen molar-refractivity contribution in [1.82, 2.24) is 4.98 Å². The summed E-state index contributed by atoms with van der Waals surface area (Å²) in [6.07, 6.45) is -0.0301. The molecule has 2 atom stereocenters. The highest BCUT2D eigenvalue weighted by atomic mass is 32.2. The number of ether oxygens (including phenoxy) is 1. The molecule has 0 spiro atoms. The molecule has 0 radical (unpaired) electrons. The average molecular weight is 439 g/mol. The van der Waals surface area contributed by atoms with Gasteiger partial charge in [0.05, 0.1) is 10.4 Å². The van der Waals surface area contributed by atoms with Crippen LogP contribution in [-0.2, 0) is 9.59 Å². The number of hydrogen-bond acceptors (Lipinski definition) is 6. The van der Waals surface area contributed by atoms with Crippen LogP contribution in [0.3, 0.4) is 0 Å². The highest BCUT2D eigenvalue weighted by Gasteiger charge is 2.57. The lowest BCUT2D eigenvalue weighted by atomic mass is 9.68. The number of aryl methyl sites for hydroxylation is 1. The maximum absolute atomic E-state index is 13.3. The minimum atomic E-state index is -1.08. The zero-order valence-corrected chi connectivity index (χ0v) is 17.7. The predicted molar refractivity (Wildman–Crippen MR) is 116 cm³/mol. The van der Waals surface area contributed by atoms with Gasteiger partial charge in [-0.25, -0.2) is 0 Å². The summed E-state index contributed by atoms with van der Waals surface area (Å²) >= 11 is 2.50. The standard InChI is InChI=1S/C22H18N2O4S2/c1-12-6-2-4-8-14(12)23-16(25)10-22-11-29-19-18(30-21(27)24-19)17(22)13-7-3-5-9-15(13)28-20(22)26/h2-9,17H,10-11H2,1H3,(H,23,25)(H,24,27)/t17-,22-/m1/s1. The topological polar surface area (TPSA) is 88.3 Å². The lowest BCUT2D eigenvalue weighted by Gasteiger charge is -2.44. The van der Waals surface area contributed by atoms with Gasteiger partial charge in [-0.05, 0) is 24.6 Å². The number of carbonyl (C=O) groups is 2. The van der Waals surface area contributed by atoms with Gasteiger partial charge in [0.25, 0.3) is 0 Å². The number of nitrogens with one attached hydrogen (secondary N) is 2. The van der Waals surface area contributed by atoms with E-state index in [0.717, 1.165) is 38.1 Å². The Balaban J connectivity index is 1.58. The maximum Gasteiger partial charge on any atom is 0.319 e. The fourth-order valence-corrected chi connectivity index (χ4v) is 6.75. The Bertz CT molecular complexity index is 1230. The van der Waals surface area contributed by atoms with Crippen LogP contribution in [0.5, 0.6) is 5.75 Å². The number of benzene rings is 2. The number of anilines is 1. The number of aromatic amines is 1. The van der Waals surface area contributed by atoms with Crippen LogP contribution in [0.25, 0.3) is 0 Å². The molecule has 8 heteroatoms. The van der Waals surface area contributed by atoms with E-state index in [-0.39, 0.29) is 17.2 Å². The van der Waals surface area contributed by atoms with Crippen LogP contribution < -0.4 is 14.9 Å². The van der Waals surface area contributed by atoms with Crippen molar-refractivity contribution in [3.63, 3.8) is 0 Å². The summed E-state index contributed by atoms with van der Waals surface area (Å²) in [5, 5.41) is 3.71. The van der Waals surface area contributed by atoms with Crippen LogP contribution in [0, 0.1) is 12.3 Å². The first-order valence-corrected chi connectivity index (χ1v) is 11.3. The summed E-state index contributed by atoms with van der Waals surface area (Å²) in [6.45, 7) is 1.92. The second-order valence-electron chi connectivity index (χ2n) is 7.55. The van der Waals surface area contributed by atoms with Crippen LogP contribution in [0.1, 0.15) is 28.3 Å². The summed E-state index contributed by atoms with van der Waals surface area (Å²) in [5.41, 5.74) is 1.41. The summed E-state index contributed by atoms with van der Waals surface area (Å²) in [5.74, 6) is -0.243. The summed E-state index contributed by atoms with van der Waals surface area (Å²) in [7, 11) is 0. The SMILES string of the molecule is Cc1ccccc1NC(=O)C[C@@]12CSc3[nH]c(=O)sc3[C@H]1c1ccccc1OC2=O. The molecule has 0 bridgehead atoms. The van der Waals surface area contributed by atoms with Gasteiger partial charge in [0.2, 0.25) is 5.91 Å². The molecule has 30 heavy (non-hydrogen) atoms. The van der Waals surface area contributed by atoms with E-state index in [1.165, 1.54) is 11.8 Å². The van der Waals surface area contributed by atoms with Crippen molar-refractivity contribution in [2.24, 2.45) is 5.41 Å². The number of fused-ring (bicyclic) bond motifs is 5. The Labute approximate surface area is 180 Å². The molecule has 5 rings (SSSR count). The van der Waals surface area contributed by atoms with Crippen molar-refractivity contribution >= 4 is 40.7 Å². The largest absolute Gasteiger partial charge is 0.426 e. The van der Waals surface area contributed by atoms with E-state index in [2.05, 4.69) is 10.3 Å². The Morgan fingerprint density at radius 3 is 2.80 bits per heavy atom. The number of H-pyrrole nitrogens is 1. The van der Waals surface area contributed by atoms with E-state index < -0.39 is 17.3 Å². The zero-order chi connectivity index (χ0) is 20.9. The summed E-state index contributed by atoms with van der Waals surface area (Å²) < 4.78 is 5.69. The minimum Gasteiger partial charge on any atom is -0.426 e. The van der Waals surface area contributed by atoms with E-state index in [1.54, 1.807) is 6.07 Å². The first-order valence-electron chi connectivity index (χ1n) is 9.50. The van der Waals surface area contributed by atoms with Gasteiger partial charge in [0.15, 0.2) is 0 Å². The Kier molecular flexibility index (Phi) is 4.56. The third-order valence-electron chi connectivity index (χ3n) is 5.67. The molecule has 0 saturated carbocycles. The molecule has 152 valence electrons. The van der Waals surface area contributed by atoms with Crippen molar-refractivity contribution in [2.45, 2.75) is 24.3 Å². The second-order valence-corrected chi connectivity index (χ2v) is 9.55. The lowest BCUT2D eigenvalue weighted by Crippen LogP contribution is -2.49. The molecule has 2 N–H and O–H groups in total. The number of thioether (sulfide) groups is 1. The number of esters is 1. The molecular weight excluding hydrogens is 420 g/mol. The fraction of sp³-hybridized carbons (Fsp3) is 0.227. The van der Waals surface area contributed by atoms with Crippen molar-refractivity contribution in [2.75, 3.05) is 11.1 Å². The first kappa shape index (κ1) is 19.1. The van der Waals surface area contributed by atoms with Crippen molar-refractivity contribution in [3.8, 4) is 5.75 Å². The number of amides is 1. The van der Waals surface area contributed by atoms with Gasteiger partial charge >= 0.3 is 10.8 Å². The Morgan fingerprint density at radius 2 is 1.97 bits per heavy atom. The molecule has 2 aliphatic rings. The monoisotopic (exact) mass is 438 g/mol. The zero-order valence-electron chi connectivity index (χ0n) is 16.1. The molecule has 2 aliphatic heterocycles. The smallest absolute Gasteiger partial charge is 0.319 e. The molecule has 1 amide bonds. The number of rotatable bonds is 3. The van der Waals surface area contributed by atoms with Crippen molar-refractivity contribution < 1.29 is 14.3 Å². The Morgan fingerprint density at radius 1 is 1.20 bits per heavy atom. The van der Waals surface area contributed by atoms with Crippen LogP contribution in [0.2, 0.25) is 0 Å². The number of hydrogen-bond donors (Lipinski definition) is 2. The molecule has 3 heterocycles. The quantitative estimate of drug-likeness (QED) is 0.478. The molecule has 0 unspecified atom stereocenters. The van der Waals surface area contributed by atoms with E-state index in [1.807, 2.05) is 49.4 Å². The molecular formula is C22H18N2O4S2. The molecule has 0 saturated heterocycles. The van der Waals surface area contributed by atoms with Gasteiger partial charge in [-0.3, -0.25) is 14.4 Å². The highest BCUT2D eigenvalue weighted by Crippen LogP contribution is 2.58. The maximum atomic E-state index is 13.3. The van der Waals surface area contributed by atoms with Gasteiger partial charge in [0.1, 0.15) is 5.75 Å². The van der Waals surface area contributed by atoms with Crippen LogP contribution in [0.15, 0.2) is 58.4 Å². The molecule has 0 aliphatic carbocycles. The molecule has 3 aromatic rings. The second kappa shape index (κ2) is 7.14. The number of carbonyl (C=O) groups excluding carboxylic acids is 2. The van der Waals surface area contributed by atoms with Crippen LogP contribution in [0.4, 0.5) is 5.69 Å². The molecule has 6 nitrogen and oxygen atoms in total. The number of para-hydroxylation sites is 2. The summed E-state index contributed by atoms with van der Waals surface area (Å²) in [4.78, 5) is 41.9. The summed E-state index contributed by atoms with van der Waals surface area (Å²) in [6, 6.07) is 14.9. The average Bonchev–Trinajstić information content (AvgIpc) is 3.10. The number of thiazole rings is 1. The fourth-order valence-electron chi connectivity index (χ4n) is 4.21. The predicted octanol–water partition coefficient (Wildman–Crippen LogP) is 3.92. The lowest BCUT2D eigenvalue weighted by molar-refractivity contribution is -0.149. The van der Waals surface area contributed by atoms with Gasteiger partial charge < -0.3 is 15.0 Å². The molecule has 2 aromatic carbocycles. The van der Waals surface area contributed by atoms with Gasteiger partial charge in [0, 0.05) is 34.2 Å². The van der Waals surface area contributed by atoms with Gasteiger partial charge in [-0.15, -0.1) is 11.8 Å². The van der Waals surface area contributed by atoms with E-state index in [9.17, 15) is 14.4 Å². The molecule has 0 fully saturated rings. The van der Waals surface area contributed by atoms with E-state index in [4.69, 9.17) is 4.74 Å². The van der Waals surface area contributed by atoms with Crippen LogP contribution in [-0.4, -0.2) is 22.6 Å². The first-order chi connectivity index (χ1) is 14.5. The highest BCUT2D eigenvalue weighted by molar-refractivity contribution is 7.99. The van der Waals surface area contributed by atoms with Gasteiger partial charge in [-0.2, -0.15) is 0 Å². The Hall–Kier alpha value is -2.84. The third kappa shape index (κ3) is 2.98. The van der Waals surface area contributed by atoms with E-state index in [0.29, 0.717) is 11.5 Å². The minimum absolute atomic E-state index is 0.0301. The number of aromatic nitrogens is 1. The normalized spacial score (nSPS) is 21.8. The van der Waals surface area contributed by atoms with Crippen molar-refractivity contribution in [3.05, 3.63) is 74.2 Å². The van der Waals surface area contributed by atoms with E-state index >= 15 is 0 Å².